The van der Waals surface area contributed by atoms with E-state index < -0.39 is 11.8 Å². The van der Waals surface area contributed by atoms with E-state index in [0.29, 0.717) is 6.54 Å². The zero-order chi connectivity index (χ0) is 11.1. The molecule has 0 spiro atoms. The summed E-state index contributed by atoms with van der Waals surface area (Å²) in [6.45, 7) is 2.17. The number of likely N-dealkylation sites (N-methyl/N-ethyl adjacent to an activating group) is 1. The van der Waals surface area contributed by atoms with Crippen molar-refractivity contribution in [1.82, 2.24) is 10.7 Å². The molecule has 5 heteroatoms. The molecule has 15 heavy (non-hydrogen) atoms. The van der Waals surface area contributed by atoms with Crippen LogP contribution in [-0.4, -0.2) is 18.4 Å². The summed E-state index contributed by atoms with van der Waals surface area (Å²) in [6.07, 6.45) is 0. The summed E-state index contributed by atoms with van der Waals surface area (Å²) < 4.78 is 0. The second-order valence-corrected chi connectivity index (χ2v) is 2.80. The number of hydrogen-bond acceptors (Lipinski definition) is 3. The summed E-state index contributed by atoms with van der Waals surface area (Å²) in [6, 6.07) is 9.05. The van der Waals surface area contributed by atoms with Crippen LogP contribution in [0.1, 0.15) is 6.92 Å². The van der Waals surface area contributed by atoms with Gasteiger partial charge in [-0.25, -0.2) is 0 Å². The van der Waals surface area contributed by atoms with Gasteiger partial charge < -0.3 is 5.32 Å². The van der Waals surface area contributed by atoms with Crippen LogP contribution in [-0.2, 0) is 9.59 Å². The minimum absolute atomic E-state index is 0.428. The number of nitrogens with one attached hydrogen (secondary N) is 3. The van der Waals surface area contributed by atoms with Crippen LogP contribution >= 0.6 is 0 Å². The summed E-state index contributed by atoms with van der Waals surface area (Å²) in [5, 5.41) is 2.39. The Labute approximate surface area is 87.8 Å². The van der Waals surface area contributed by atoms with Crippen LogP contribution in [0.2, 0.25) is 0 Å². The van der Waals surface area contributed by atoms with Gasteiger partial charge in [0.1, 0.15) is 0 Å². The van der Waals surface area contributed by atoms with Gasteiger partial charge in [-0.05, 0) is 19.1 Å². The minimum atomic E-state index is -0.708. The van der Waals surface area contributed by atoms with Crippen molar-refractivity contribution in [3.05, 3.63) is 30.3 Å². The number of carbonyl (C=O) groups excluding carboxylic acids is 2. The predicted molar refractivity (Wildman–Crippen MR) is 56.9 cm³/mol. The summed E-state index contributed by atoms with van der Waals surface area (Å²) in [7, 11) is 0. The van der Waals surface area contributed by atoms with E-state index in [0.717, 1.165) is 5.69 Å². The molecule has 0 fully saturated rings. The standard InChI is InChI=1S/C10H13N3O2/c1-2-11-9(14)10(15)13-12-8-6-4-3-5-7-8/h3-7,12H,2H2,1H3,(H,11,14)(H,13,15). The van der Waals surface area contributed by atoms with Crippen molar-refractivity contribution in [3.63, 3.8) is 0 Å². The summed E-state index contributed by atoms with van der Waals surface area (Å²) in [4.78, 5) is 22.1. The van der Waals surface area contributed by atoms with Crippen molar-refractivity contribution in [2.24, 2.45) is 0 Å². The predicted octanol–water partition coefficient (Wildman–Crippen LogP) is 0.266. The number of hydrogen-bond donors (Lipinski definition) is 3. The number of para-hydroxylation sites is 1. The molecule has 0 aliphatic heterocycles. The summed E-state index contributed by atoms with van der Waals surface area (Å²) in [5.41, 5.74) is 5.62. The molecular formula is C10H13N3O2. The Morgan fingerprint density at radius 3 is 2.40 bits per heavy atom. The normalized spacial score (nSPS) is 9.13. The third kappa shape index (κ3) is 3.68. The number of amides is 2. The van der Waals surface area contributed by atoms with Crippen molar-refractivity contribution in [3.8, 4) is 0 Å². The van der Waals surface area contributed by atoms with Crippen LogP contribution in [0, 0.1) is 0 Å². The molecule has 1 aromatic rings. The molecule has 0 unspecified atom stereocenters. The largest absolute Gasteiger partial charge is 0.348 e. The van der Waals surface area contributed by atoms with E-state index in [-0.39, 0.29) is 0 Å². The Kier molecular flexibility index (Phi) is 4.15. The SMILES string of the molecule is CCNC(=O)C(=O)NNc1ccccc1. The number of carbonyl (C=O) groups is 2. The molecule has 80 valence electrons. The molecule has 0 aliphatic carbocycles. The van der Waals surface area contributed by atoms with Gasteiger partial charge in [-0.15, -0.1) is 0 Å². The van der Waals surface area contributed by atoms with Crippen LogP contribution in [0.3, 0.4) is 0 Å². The lowest BCUT2D eigenvalue weighted by molar-refractivity contribution is -0.138. The molecule has 3 N–H and O–H groups in total. The zero-order valence-corrected chi connectivity index (χ0v) is 8.41. The lowest BCUT2D eigenvalue weighted by Gasteiger charge is -2.07. The highest BCUT2D eigenvalue weighted by molar-refractivity contribution is 6.35. The zero-order valence-electron chi connectivity index (χ0n) is 8.41. The highest BCUT2D eigenvalue weighted by atomic mass is 16.2. The van der Waals surface area contributed by atoms with Crippen LogP contribution in [0.4, 0.5) is 5.69 Å². The lowest BCUT2D eigenvalue weighted by atomic mass is 10.3. The van der Waals surface area contributed by atoms with E-state index in [1.807, 2.05) is 18.2 Å². The van der Waals surface area contributed by atoms with Crippen LogP contribution < -0.4 is 16.2 Å². The van der Waals surface area contributed by atoms with Gasteiger partial charge in [0.2, 0.25) is 0 Å². The first-order valence-electron chi connectivity index (χ1n) is 4.63. The van der Waals surface area contributed by atoms with Crippen molar-refractivity contribution < 1.29 is 9.59 Å². The number of rotatable bonds is 3. The fourth-order valence-electron chi connectivity index (χ4n) is 0.948. The Morgan fingerprint density at radius 2 is 1.80 bits per heavy atom. The molecule has 0 aromatic heterocycles. The van der Waals surface area contributed by atoms with E-state index in [4.69, 9.17) is 0 Å². The molecule has 0 heterocycles. The van der Waals surface area contributed by atoms with Crippen LogP contribution in [0.25, 0.3) is 0 Å². The van der Waals surface area contributed by atoms with Crippen molar-refractivity contribution in [2.75, 3.05) is 12.0 Å². The molecule has 1 rings (SSSR count). The Hall–Kier alpha value is -2.04. The van der Waals surface area contributed by atoms with E-state index in [2.05, 4.69) is 16.2 Å². The van der Waals surface area contributed by atoms with Gasteiger partial charge in [0.15, 0.2) is 0 Å². The van der Waals surface area contributed by atoms with Crippen molar-refractivity contribution in [2.45, 2.75) is 6.92 Å². The van der Waals surface area contributed by atoms with Gasteiger partial charge in [-0.1, -0.05) is 18.2 Å². The quantitative estimate of drug-likeness (QED) is 0.492. The maximum Gasteiger partial charge on any atom is 0.327 e. The minimum Gasteiger partial charge on any atom is -0.348 e. The summed E-state index contributed by atoms with van der Waals surface area (Å²) >= 11 is 0. The second kappa shape index (κ2) is 5.64. The topological polar surface area (TPSA) is 70.2 Å². The number of anilines is 1. The molecule has 0 aliphatic rings. The third-order valence-electron chi connectivity index (χ3n) is 1.64. The third-order valence-corrected chi connectivity index (χ3v) is 1.64. The first kappa shape index (κ1) is 11.0. The van der Waals surface area contributed by atoms with E-state index >= 15 is 0 Å². The van der Waals surface area contributed by atoms with E-state index in [1.165, 1.54) is 0 Å². The molecule has 0 bridgehead atoms. The number of hydrazine groups is 1. The van der Waals surface area contributed by atoms with Gasteiger partial charge in [0.05, 0.1) is 5.69 Å². The number of benzene rings is 1. The Balaban J connectivity index is 2.38. The van der Waals surface area contributed by atoms with Crippen molar-refractivity contribution >= 4 is 17.5 Å². The molecule has 5 nitrogen and oxygen atoms in total. The van der Waals surface area contributed by atoms with Crippen LogP contribution in [0.15, 0.2) is 30.3 Å². The highest BCUT2D eigenvalue weighted by Gasteiger charge is 2.10. The second-order valence-electron chi connectivity index (χ2n) is 2.80. The lowest BCUT2D eigenvalue weighted by Crippen LogP contribution is -2.42. The molecule has 0 radical (unpaired) electrons. The van der Waals surface area contributed by atoms with Gasteiger partial charge in [0, 0.05) is 6.54 Å². The molecule has 1 aromatic carbocycles. The van der Waals surface area contributed by atoms with Crippen LogP contribution in [0.5, 0.6) is 0 Å². The molecule has 0 saturated heterocycles. The van der Waals surface area contributed by atoms with Gasteiger partial charge in [-0.3, -0.25) is 20.4 Å². The molecule has 2 amide bonds. The maximum absolute atomic E-state index is 11.1. The Bertz CT molecular complexity index is 338. The monoisotopic (exact) mass is 207 g/mol. The van der Waals surface area contributed by atoms with Gasteiger partial charge in [0.25, 0.3) is 0 Å². The average molecular weight is 207 g/mol. The molecule has 0 atom stereocenters. The molecule has 0 saturated carbocycles. The maximum atomic E-state index is 11.1. The van der Waals surface area contributed by atoms with Gasteiger partial charge in [-0.2, -0.15) is 0 Å². The smallest absolute Gasteiger partial charge is 0.327 e. The fraction of sp³-hybridized carbons (Fsp3) is 0.200. The fourth-order valence-corrected chi connectivity index (χ4v) is 0.948. The van der Waals surface area contributed by atoms with Crippen molar-refractivity contribution in [1.29, 1.82) is 0 Å². The Morgan fingerprint density at radius 1 is 1.13 bits per heavy atom. The first-order valence-corrected chi connectivity index (χ1v) is 4.63. The van der Waals surface area contributed by atoms with Gasteiger partial charge >= 0.3 is 11.8 Å². The van der Waals surface area contributed by atoms with E-state index in [1.54, 1.807) is 19.1 Å². The summed E-state index contributed by atoms with van der Waals surface area (Å²) in [5.74, 6) is -1.36. The van der Waals surface area contributed by atoms with E-state index in [9.17, 15) is 9.59 Å². The molecular weight excluding hydrogens is 194 g/mol. The average Bonchev–Trinajstić information content (AvgIpc) is 2.27. The highest BCUT2D eigenvalue weighted by Crippen LogP contribution is 2.02. The first-order chi connectivity index (χ1) is 7.24.